The fourth-order valence-corrected chi connectivity index (χ4v) is 5.52. The van der Waals surface area contributed by atoms with E-state index in [4.69, 9.17) is 16.3 Å². The number of hydrogen-bond acceptors (Lipinski definition) is 5. The molecule has 196 valence electrons. The maximum atomic E-state index is 12.9. The summed E-state index contributed by atoms with van der Waals surface area (Å²) in [5.41, 5.74) is 3.78. The van der Waals surface area contributed by atoms with E-state index in [1.165, 1.54) is 11.3 Å². The Morgan fingerprint density at radius 1 is 0.921 bits per heavy atom. The molecule has 2 saturated heterocycles. The first kappa shape index (κ1) is 24.8. The number of likely N-dealkylation sites (tertiary alicyclic amines) is 1. The lowest BCUT2D eigenvalue weighted by molar-refractivity contribution is 0.0590. The Kier molecular flexibility index (Phi) is 7.20. The molecule has 0 bridgehead atoms. The quantitative estimate of drug-likeness (QED) is 0.352. The average molecular weight is 530 g/mol. The first-order valence-electron chi connectivity index (χ1n) is 13.3. The van der Waals surface area contributed by atoms with Gasteiger partial charge in [-0.05, 0) is 48.0 Å². The lowest BCUT2D eigenvalue weighted by Gasteiger charge is -2.36. The molecule has 2 aliphatic heterocycles. The van der Waals surface area contributed by atoms with Crippen molar-refractivity contribution < 1.29 is 9.53 Å². The lowest BCUT2D eigenvalue weighted by atomic mass is 10.1. The van der Waals surface area contributed by atoms with Gasteiger partial charge in [-0.25, -0.2) is 4.98 Å². The molecular weight excluding hydrogens is 498 g/mol. The molecule has 4 aromatic rings. The van der Waals surface area contributed by atoms with Gasteiger partial charge in [0.2, 0.25) is 0 Å². The van der Waals surface area contributed by atoms with E-state index in [9.17, 15) is 4.79 Å². The van der Waals surface area contributed by atoms with Crippen molar-refractivity contribution in [1.82, 2.24) is 19.2 Å². The third-order valence-electron chi connectivity index (χ3n) is 7.49. The summed E-state index contributed by atoms with van der Waals surface area (Å²) in [6.07, 6.45) is 5.47. The highest BCUT2D eigenvalue weighted by Gasteiger charge is 2.26. The fourth-order valence-electron chi connectivity index (χ4n) is 5.34. The van der Waals surface area contributed by atoms with Crippen LogP contribution in [-0.2, 0) is 6.54 Å². The Morgan fingerprint density at radius 3 is 2.45 bits per heavy atom. The molecule has 0 N–H and O–H groups in total. The molecule has 2 aliphatic rings. The largest absolute Gasteiger partial charge is 0.490 e. The van der Waals surface area contributed by atoms with Gasteiger partial charge in [-0.15, -0.1) is 0 Å². The van der Waals surface area contributed by atoms with Gasteiger partial charge in [-0.2, -0.15) is 0 Å². The van der Waals surface area contributed by atoms with Crippen LogP contribution in [0.15, 0.2) is 79.1 Å². The summed E-state index contributed by atoms with van der Waals surface area (Å²) in [5, 5.41) is 0.787. The Bertz CT molecular complexity index is 1360. The van der Waals surface area contributed by atoms with E-state index in [-0.39, 0.29) is 12.0 Å². The molecule has 2 aromatic carbocycles. The molecule has 7 nitrogen and oxygen atoms in total. The summed E-state index contributed by atoms with van der Waals surface area (Å²) in [6, 6.07) is 22.4. The van der Waals surface area contributed by atoms with E-state index < -0.39 is 0 Å². The highest BCUT2D eigenvalue weighted by Crippen LogP contribution is 2.23. The number of carbonyl (C=O) groups excluding carboxylic acids is 1. The first-order chi connectivity index (χ1) is 18.6. The standard InChI is InChI=1S/C30H32ClN5O2/c31-24-4-3-5-25(20-24)34-18-16-33(17-19-34)21-23-7-9-26(10-8-23)38-27-11-14-35(15-12-27)30(37)28-22-36-13-2-1-6-29(36)32-28/h1-10,13,20,22,27H,11-12,14-19,21H2. The molecule has 0 saturated carbocycles. The van der Waals surface area contributed by atoms with Gasteiger partial charge in [0.1, 0.15) is 23.2 Å². The maximum absolute atomic E-state index is 12.9. The number of piperazine rings is 1. The number of pyridine rings is 1. The van der Waals surface area contributed by atoms with Crippen molar-refractivity contribution in [3.8, 4) is 5.75 Å². The molecular formula is C30H32ClN5O2. The van der Waals surface area contributed by atoms with Gasteiger partial charge < -0.3 is 18.9 Å². The molecule has 4 heterocycles. The molecule has 0 spiro atoms. The number of halogens is 1. The summed E-state index contributed by atoms with van der Waals surface area (Å²) in [7, 11) is 0. The van der Waals surface area contributed by atoms with Crippen LogP contribution in [-0.4, -0.2) is 70.5 Å². The molecule has 0 aliphatic carbocycles. The topological polar surface area (TPSA) is 53.3 Å². The second-order valence-corrected chi connectivity index (χ2v) is 10.5. The number of imidazole rings is 1. The van der Waals surface area contributed by atoms with Crippen LogP contribution in [0.1, 0.15) is 28.9 Å². The summed E-state index contributed by atoms with van der Waals surface area (Å²) < 4.78 is 8.15. The molecule has 2 fully saturated rings. The van der Waals surface area contributed by atoms with Gasteiger partial charge in [-0.1, -0.05) is 35.9 Å². The van der Waals surface area contributed by atoms with E-state index in [1.807, 2.05) is 51.9 Å². The minimum atomic E-state index is -0.00935. The van der Waals surface area contributed by atoms with Crippen molar-refractivity contribution in [3.63, 3.8) is 0 Å². The zero-order valence-electron chi connectivity index (χ0n) is 21.4. The number of rotatable bonds is 6. The number of carbonyl (C=O) groups is 1. The minimum absolute atomic E-state index is 0.00935. The number of benzene rings is 2. The van der Waals surface area contributed by atoms with Crippen LogP contribution in [0.3, 0.4) is 0 Å². The Balaban J connectivity index is 0.959. The van der Waals surface area contributed by atoms with Crippen LogP contribution in [0, 0.1) is 0 Å². The number of amides is 1. The van der Waals surface area contributed by atoms with Crippen LogP contribution in [0.4, 0.5) is 5.69 Å². The molecule has 8 heteroatoms. The van der Waals surface area contributed by atoms with Gasteiger partial charge in [-0.3, -0.25) is 9.69 Å². The highest BCUT2D eigenvalue weighted by atomic mass is 35.5. The van der Waals surface area contributed by atoms with Gasteiger partial charge in [0, 0.05) is 81.8 Å². The number of aromatic nitrogens is 2. The summed E-state index contributed by atoms with van der Waals surface area (Å²) >= 11 is 6.16. The maximum Gasteiger partial charge on any atom is 0.274 e. The zero-order chi connectivity index (χ0) is 25.9. The van der Waals surface area contributed by atoms with E-state index in [0.29, 0.717) is 18.8 Å². The van der Waals surface area contributed by atoms with E-state index >= 15 is 0 Å². The van der Waals surface area contributed by atoms with Crippen molar-refractivity contribution in [3.05, 3.63) is 95.4 Å². The predicted molar refractivity (Wildman–Crippen MR) is 150 cm³/mol. The van der Waals surface area contributed by atoms with Crippen molar-refractivity contribution >= 4 is 28.8 Å². The highest BCUT2D eigenvalue weighted by molar-refractivity contribution is 6.30. The summed E-state index contributed by atoms with van der Waals surface area (Å²) in [4.78, 5) is 24.2. The van der Waals surface area contributed by atoms with Crippen LogP contribution < -0.4 is 9.64 Å². The number of hydrogen-bond donors (Lipinski definition) is 0. The number of ether oxygens (including phenoxy) is 1. The Labute approximate surface area is 228 Å². The average Bonchev–Trinajstić information content (AvgIpc) is 3.39. The fraction of sp³-hybridized carbons (Fsp3) is 0.333. The van der Waals surface area contributed by atoms with Gasteiger partial charge >= 0.3 is 0 Å². The van der Waals surface area contributed by atoms with E-state index in [2.05, 4.69) is 45.1 Å². The summed E-state index contributed by atoms with van der Waals surface area (Å²) in [5.74, 6) is 0.884. The summed E-state index contributed by atoms with van der Waals surface area (Å²) in [6.45, 7) is 6.34. The van der Waals surface area contributed by atoms with Crippen molar-refractivity contribution in [2.24, 2.45) is 0 Å². The normalized spacial score (nSPS) is 17.2. The van der Waals surface area contributed by atoms with Crippen molar-refractivity contribution in [2.75, 3.05) is 44.2 Å². The van der Waals surface area contributed by atoms with Crippen molar-refractivity contribution in [2.45, 2.75) is 25.5 Å². The number of nitrogens with zero attached hydrogens (tertiary/aromatic N) is 5. The minimum Gasteiger partial charge on any atom is -0.490 e. The van der Waals surface area contributed by atoms with Crippen LogP contribution in [0.5, 0.6) is 5.75 Å². The van der Waals surface area contributed by atoms with Gasteiger partial charge in [0.25, 0.3) is 5.91 Å². The Morgan fingerprint density at radius 2 is 1.71 bits per heavy atom. The molecule has 6 rings (SSSR count). The monoisotopic (exact) mass is 529 g/mol. The third-order valence-corrected chi connectivity index (χ3v) is 7.73. The Hall–Kier alpha value is -3.55. The third kappa shape index (κ3) is 5.64. The van der Waals surface area contributed by atoms with Crippen LogP contribution in [0.2, 0.25) is 5.02 Å². The molecule has 2 aromatic heterocycles. The number of piperidine rings is 1. The van der Waals surface area contributed by atoms with E-state index in [0.717, 1.165) is 62.0 Å². The lowest BCUT2D eigenvalue weighted by Crippen LogP contribution is -2.45. The van der Waals surface area contributed by atoms with E-state index in [1.54, 1.807) is 6.20 Å². The molecule has 0 unspecified atom stereocenters. The van der Waals surface area contributed by atoms with Crippen LogP contribution in [0.25, 0.3) is 5.65 Å². The number of fused-ring (bicyclic) bond motifs is 1. The molecule has 38 heavy (non-hydrogen) atoms. The first-order valence-corrected chi connectivity index (χ1v) is 13.7. The van der Waals surface area contributed by atoms with Crippen LogP contribution >= 0.6 is 11.6 Å². The molecule has 1 amide bonds. The molecule has 0 atom stereocenters. The second kappa shape index (κ2) is 11.1. The SMILES string of the molecule is O=C(c1cn2ccccc2n1)N1CCC(Oc2ccc(CN3CCN(c4cccc(Cl)c4)CC3)cc2)CC1. The smallest absolute Gasteiger partial charge is 0.274 e. The zero-order valence-corrected chi connectivity index (χ0v) is 22.1. The second-order valence-electron chi connectivity index (χ2n) is 10.1. The van der Waals surface area contributed by atoms with Crippen molar-refractivity contribution in [1.29, 1.82) is 0 Å². The number of anilines is 1. The molecule has 0 radical (unpaired) electrons. The van der Waals surface area contributed by atoms with Gasteiger partial charge in [0.05, 0.1) is 0 Å². The van der Waals surface area contributed by atoms with Gasteiger partial charge in [0.15, 0.2) is 0 Å². The predicted octanol–water partition coefficient (Wildman–Crippen LogP) is 4.99.